The molecule has 5 nitrogen and oxygen atoms in total. The molecule has 0 aliphatic carbocycles. The molecule has 0 saturated heterocycles. The Labute approximate surface area is 140 Å². The lowest BCUT2D eigenvalue weighted by molar-refractivity contribution is -0.126. The van der Waals surface area contributed by atoms with Crippen molar-refractivity contribution >= 4 is 17.6 Å². The molecule has 0 aromatic heterocycles. The van der Waals surface area contributed by atoms with Gasteiger partial charge in [-0.05, 0) is 43.2 Å². The van der Waals surface area contributed by atoms with Gasteiger partial charge >= 0.3 is 5.97 Å². The molecule has 0 fully saturated rings. The lowest BCUT2D eigenvalue weighted by atomic mass is 10.1. The fraction of sp³-hybridized carbons (Fsp3) is 0.211. The average molecular weight is 320 g/mol. The Balaban J connectivity index is 1.71. The van der Waals surface area contributed by atoms with Gasteiger partial charge in [0.2, 0.25) is 0 Å². The summed E-state index contributed by atoms with van der Waals surface area (Å²) in [6, 6.07) is 15.9. The Kier molecular flexibility index (Phi) is 4.30. The number of benzene rings is 2. The number of nitrogens with zero attached hydrogens (tertiary/aromatic N) is 2. The van der Waals surface area contributed by atoms with Crippen molar-refractivity contribution < 1.29 is 14.3 Å². The number of anilines is 1. The summed E-state index contributed by atoms with van der Waals surface area (Å²) >= 11 is 0. The summed E-state index contributed by atoms with van der Waals surface area (Å²) in [6.07, 6.45) is -0.0957. The second kappa shape index (κ2) is 6.55. The molecule has 0 spiro atoms. The third kappa shape index (κ3) is 2.99. The van der Waals surface area contributed by atoms with Crippen LogP contribution in [0.5, 0.6) is 0 Å². The second-order valence-corrected chi connectivity index (χ2v) is 5.61. The van der Waals surface area contributed by atoms with Gasteiger partial charge in [-0.15, -0.1) is 0 Å². The largest absolute Gasteiger partial charge is 0.449 e. The smallest absolute Gasteiger partial charge is 0.338 e. The zero-order chi connectivity index (χ0) is 17.1. The topological polar surface area (TPSA) is 70.4 Å². The number of esters is 1. The number of carbonyl (C=O) groups excluding carboxylic acids is 2. The minimum Gasteiger partial charge on any atom is -0.449 e. The van der Waals surface area contributed by atoms with Crippen LogP contribution in [0.1, 0.15) is 28.4 Å². The van der Waals surface area contributed by atoms with E-state index in [4.69, 9.17) is 10.00 Å². The first-order chi connectivity index (χ1) is 11.6. The molecule has 120 valence electrons. The van der Waals surface area contributed by atoms with E-state index in [0.717, 1.165) is 17.7 Å². The van der Waals surface area contributed by atoms with Gasteiger partial charge in [-0.1, -0.05) is 24.3 Å². The van der Waals surface area contributed by atoms with Gasteiger partial charge in [-0.25, -0.2) is 4.79 Å². The first-order valence-corrected chi connectivity index (χ1v) is 7.70. The monoisotopic (exact) mass is 320 g/mol. The molecule has 0 saturated carbocycles. The molecule has 2 aromatic carbocycles. The molecule has 2 aromatic rings. The van der Waals surface area contributed by atoms with Crippen LogP contribution in [-0.4, -0.2) is 24.5 Å². The van der Waals surface area contributed by atoms with Crippen LogP contribution < -0.4 is 4.90 Å². The van der Waals surface area contributed by atoms with Crippen molar-refractivity contribution in [2.24, 2.45) is 0 Å². The van der Waals surface area contributed by atoms with Crippen LogP contribution in [0.3, 0.4) is 0 Å². The van der Waals surface area contributed by atoms with Crippen LogP contribution in [0.15, 0.2) is 48.5 Å². The van der Waals surface area contributed by atoms with Crippen LogP contribution in [0.25, 0.3) is 0 Å². The van der Waals surface area contributed by atoms with Crippen molar-refractivity contribution in [2.45, 2.75) is 19.4 Å². The minimum atomic E-state index is -0.894. The van der Waals surface area contributed by atoms with Gasteiger partial charge < -0.3 is 9.64 Å². The van der Waals surface area contributed by atoms with E-state index in [1.54, 1.807) is 30.0 Å². The Morgan fingerprint density at radius 2 is 2.00 bits per heavy atom. The highest BCUT2D eigenvalue weighted by Crippen LogP contribution is 2.28. The fourth-order valence-electron chi connectivity index (χ4n) is 2.78. The molecule has 1 amide bonds. The predicted octanol–water partition coefficient (Wildman–Crippen LogP) is 2.69. The lowest BCUT2D eigenvalue weighted by Crippen LogP contribution is -2.39. The van der Waals surface area contributed by atoms with Gasteiger partial charge in [0.1, 0.15) is 0 Å². The van der Waals surface area contributed by atoms with Gasteiger partial charge in [0.05, 0.1) is 17.2 Å². The van der Waals surface area contributed by atoms with Crippen LogP contribution in [0.4, 0.5) is 5.69 Å². The normalized spacial score (nSPS) is 13.8. The summed E-state index contributed by atoms with van der Waals surface area (Å²) in [4.78, 5) is 26.4. The van der Waals surface area contributed by atoms with Crippen LogP contribution in [-0.2, 0) is 16.0 Å². The first kappa shape index (κ1) is 15.8. The summed E-state index contributed by atoms with van der Waals surface area (Å²) in [5.41, 5.74) is 2.62. The quantitative estimate of drug-likeness (QED) is 0.815. The number of ether oxygens (including phenoxy) is 1. The predicted molar refractivity (Wildman–Crippen MR) is 88.5 cm³/mol. The highest BCUT2D eigenvalue weighted by atomic mass is 16.5. The number of para-hydroxylation sites is 1. The molecular weight excluding hydrogens is 304 g/mol. The molecule has 0 N–H and O–H groups in total. The Morgan fingerprint density at radius 3 is 2.79 bits per heavy atom. The number of carbonyl (C=O) groups is 2. The Morgan fingerprint density at radius 1 is 1.21 bits per heavy atom. The zero-order valence-corrected chi connectivity index (χ0v) is 13.2. The van der Waals surface area contributed by atoms with Crippen molar-refractivity contribution in [3.05, 3.63) is 65.2 Å². The summed E-state index contributed by atoms with van der Waals surface area (Å²) in [7, 11) is 0. The molecule has 1 heterocycles. The standard InChI is InChI=1S/C19H16N2O3/c1-13(24-19(23)16-7-4-5-14(11-16)12-20)18(22)21-10-9-15-6-2-3-8-17(15)21/h2-8,11,13H,9-10H2,1H3/t13-/m1/s1. The fourth-order valence-corrected chi connectivity index (χ4v) is 2.78. The highest BCUT2D eigenvalue weighted by molar-refractivity contribution is 6.00. The summed E-state index contributed by atoms with van der Waals surface area (Å²) in [6.45, 7) is 2.15. The number of fused-ring (bicyclic) bond motifs is 1. The van der Waals surface area contributed by atoms with Crippen molar-refractivity contribution in [3.63, 3.8) is 0 Å². The number of hydrogen-bond donors (Lipinski definition) is 0. The maximum atomic E-state index is 12.6. The average Bonchev–Trinajstić information content (AvgIpc) is 3.05. The van der Waals surface area contributed by atoms with E-state index < -0.39 is 12.1 Å². The van der Waals surface area contributed by atoms with Crippen molar-refractivity contribution in [2.75, 3.05) is 11.4 Å². The molecule has 0 radical (unpaired) electrons. The molecule has 0 bridgehead atoms. The molecule has 3 rings (SSSR count). The van der Waals surface area contributed by atoms with Crippen LogP contribution >= 0.6 is 0 Å². The summed E-state index contributed by atoms with van der Waals surface area (Å²) in [5, 5.41) is 8.89. The minimum absolute atomic E-state index is 0.246. The third-order valence-corrected chi connectivity index (χ3v) is 4.01. The first-order valence-electron chi connectivity index (χ1n) is 7.70. The van der Waals surface area contributed by atoms with Gasteiger partial charge in [-0.3, -0.25) is 4.79 Å². The van der Waals surface area contributed by atoms with Crippen molar-refractivity contribution in [1.29, 1.82) is 5.26 Å². The Bertz CT molecular complexity index is 839. The van der Waals surface area contributed by atoms with Crippen LogP contribution in [0.2, 0.25) is 0 Å². The maximum absolute atomic E-state index is 12.6. The molecule has 24 heavy (non-hydrogen) atoms. The molecular formula is C19H16N2O3. The van der Waals surface area contributed by atoms with Gasteiger partial charge in [0.15, 0.2) is 6.10 Å². The van der Waals surface area contributed by atoms with Gasteiger partial charge in [0, 0.05) is 12.2 Å². The number of nitriles is 1. The molecule has 1 aliphatic heterocycles. The van der Waals surface area contributed by atoms with E-state index in [-0.39, 0.29) is 11.5 Å². The third-order valence-electron chi connectivity index (χ3n) is 4.01. The van der Waals surface area contributed by atoms with Crippen molar-refractivity contribution in [1.82, 2.24) is 0 Å². The summed E-state index contributed by atoms with van der Waals surface area (Å²) in [5.74, 6) is -0.856. The number of hydrogen-bond acceptors (Lipinski definition) is 4. The van der Waals surface area contributed by atoms with Crippen molar-refractivity contribution in [3.8, 4) is 6.07 Å². The van der Waals surface area contributed by atoms with E-state index in [2.05, 4.69) is 0 Å². The number of amides is 1. The van der Waals surface area contributed by atoms with Crippen LogP contribution in [0, 0.1) is 11.3 Å². The lowest BCUT2D eigenvalue weighted by Gasteiger charge is -2.21. The maximum Gasteiger partial charge on any atom is 0.338 e. The number of rotatable bonds is 3. The second-order valence-electron chi connectivity index (χ2n) is 5.61. The van der Waals surface area contributed by atoms with E-state index in [1.165, 1.54) is 6.07 Å². The SMILES string of the molecule is C[C@@H](OC(=O)c1cccc(C#N)c1)C(=O)N1CCc2ccccc21. The van der Waals surface area contributed by atoms with Gasteiger partial charge in [0.25, 0.3) is 5.91 Å². The zero-order valence-electron chi connectivity index (χ0n) is 13.2. The Hall–Kier alpha value is -3.13. The summed E-state index contributed by atoms with van der Waals surface area (Å²) < 4.78 is 5.29. The van der Waals surface area contributed by atoms with E-state index in [0.29, 0.717) is 12.1 Å². The molecule has 5 heteroatoms. The van der Waals surface area contributed by atoms with E-state index in [1.807, 2.05) is 30.3 Å². The van der Waals surface area contributed by atoms with E-state index in [9.17, 15) is 9.59 Å². The van der Waals surface area contributed by atoms with Gasteiger partial charge in [-0.2, -0.15) is 5.26 Å². The molecule has 1 aliphatic rings. The van der Waals surface area contributed by atoms with E-state index >= 15 is 0 Å². The molecule has 0 unspecified atom stereocenters. The highest BCUT2D eigenvalue weighted by Gasteiger charge is 2.29. The molecule has 1 atom stereocenters.